The number of rotatable bonds is 6. The van der Waals surface area contributed by atoms with E-state index in [1.807, 2.05) is 19.9 Å². The summed E-state index contributed by atoms with van der Waals surface area (Å²) in [4.78, 5) is 4.28. The normalized spacial score (nSPS) is 10.0. The molecule has 1 heterocycles. The van der Waals surface area contributed by atoms with Crippen molar-refractivity contribution in [2.24, 2.45) is 0 Å². The van der Waals surface area contributed by atoms with Gasteiger partial charge < -0.3 is 15.2 Å². The summed E-state index contributed by atoms with van der Waals surface area (Å²) in [5.74, 6) is 0.595. The van der Waals surface area contributed by atoms with Crippen LogP contribution in [0.15, 0.2) is 6.07 Å². The molecule has 0 aliphatic carbocycles. The second kappa shape index (κ2) is 6.84. The molecule has 0 amide bonds. The third kappa shape index (κ3) is 4.02. The zero-order chi connectivity index (χ0) is 12.7. The standard InChI is InChI=1S/C12H17N3O2/c1-9-7-10(2)15-12(11(9)8-13)14-3-5-17-6-4-16/h7,16H,3-6H2,1-2H3,(H,14,15). The summed E-state index contributed by atoms with van der Waals surface area (Å²) >= 11 is 0. The maximum absolute atomic E-state index is 9.04. The van der Waals surface area contributed by atoms with Gasteiger partial charge in [0.05, 0.1) is 25.4 Å². The molecule has 0 saturated carbocycles. The zero-order valence-corrected chi connectivity index (χ0v) is 10.2. The Labute approximate surface area is 101 Å². The van der Waals surface area contributed by atoms with Crippen LogP contribution in [0.4, 0.5) is 5.82 Å². The molecule has 1 rings (SSSR count). The van der Waals surface area contributed by atoms with Gasteiger partial charge in [-0.2, -0.15) is 5.26 Å². The molecular weight excluding hydrogens is 218 g/mol. The van der Waals surface area contributed by atoms with E-state index in [9.17, 15) is 0 Å². The van der Waals surface area contributed by atoms with Gasteiger partial charge in [-0.1, -0.05) is 0 Å². The van der Waals surface area contributed by atoms with Gasteiger partial charge in [0.2, 0.25) is 0 Å². The number of anilines is 1. The monoisotopic (exact) mass is 235 g/mol. The highest BCUT2D eigenvalue weighted by atomic mass is 16.5. The topological polar surface area (TPSA) is 78.2 Å². The van der Waals surface area contributed by atoms with E-state index in [-0.39, 0.29) is 6.61 Å². The number of aliphatic hydroxyl groups is 1. The average molecular weight is 235 g/mol. The predicted octanol–water partition coefficient (Wildman–Crippen LogP) is 0.991. The molecule has 0 saturated heterocycles. The van der Waals surface area contributed by atoms with E-state index in [2.05, 4.69) is 16.4 Å². The molecule has 5 heteroatoms. The van der Waals surface area contributed by atoms with Crippen LogP contribution in [-0.2, 0) is 4.74 Å². The van der Waals surface area contributed by atoms with Crippen LogP contribution in [0.25, 0.3) is 0 Å². The number of hydrogen-bond acceptors (Lipinski definition) is 5. The highest BCUT2D eigenvalue weighted by molar-refractivity contribution is 5.56. The van der Waals surface area contributed by atoms with Gasteiger partial charge in [0.15, 0.2) is 0 Å². The van der Waals surface area contributed by atoms with Crippen LogP contribution in [0.5, 0.6) is 0 Å². The zero-order valence-electron chi connectivity index (χ0n) is 10.2. The molecule has 17 heavy (non-hydrogen) atoms. The summed E-state index contributed by atoms with van der Waals surface area (Å²) in [6, 6.07) is 4.02. The highest BCUT2D eigenvalue weighted by Gasteiger charge is 2.07. The molecule has 0 atom stereocenters. The average Bonchev–Trinajstić information content (AvgIpc) is 2.28. The van der Waals surface area contributed by atoms with Gasteiger partial charge in [-0.25, -0.2) is 4.98 Å². The molecule has 0 spiro atoms. The van der Waals surface area contributed by atoms with Crippen LogP contribution in [-0.4, -0.2) is 36.5 Å². The number of hydrogen-bond donors (Lipinski definition) is 2. The van der Waals surface area contributed by atoms with Crippen molar-refractivity contribution in [3.63, 3.8) is 0 Å². The minimum absolute atomic E-state index is 0.0191. The largest absolute Gasteiger partial charge is 0.394 e. The number of ether oxygens (including phenoxy) is 1. The first kappa shape index (κ1) is 13.4. The number of nitriles is 1. The third-order valence-corrected chi connectivity index (χ3v) is 2.23. The van der Waals surface area contributed by atoms with E-state index < -0.39 is 0 Å². The Hall–Kier alpha value is -1.64. The number of aryl methyl sites for hydroxylation is 2. The summed E-state index contributed by atoms with van der Waals surface area (Å²) in [5.41, 5.74) is 2.36. The van der Waals surface area contributed by atoms with Crippen molar-refractivity contribution in [3.05, 3.63) is 22.9 Å². The van der Waals surface area contributed by atoms with E-state index in [1.165, 1.54) is 0 Å². The lowest BCUT2D eigenvalue weighted by Gasteiger charge is -2.10. The fourth-order valence-electron chi connectivity index (χ4n) is 1.51. The summed E-state index contributed by atoms with van der Waals surface area (Å²) in [6.45, 7) is 5.16. The number of aromatic nitrogens is 1. The maximum Gasteiger partial charge on any atom is 0.144 e. The minimum atomic E-state index is 0.0191. The lowest BCUT2D eigenvalue weighted by molar-refractivity contribution is 0.0992. The first-order valence-corrected chi connectivity index (χ1v) is 5.50. The smallest absolute Gasteiger partial charge is 0.144 e. The van der Waals surface area contributed by atoms with Crippen molar-refractivity contribution in [3.8, 4) is 6.07 Å². The molecular formula is C12H17N3O2. The van der Waals surface area contributed by atoms with E-state index in [4.69, 9.17) is 15.1 Å². The fourth-order valence-corrected chi connectivity index (χ4v) is 1.51. The molecule has 1 aromatic heterocycles. The molecule has 5 nitrogen and oxygen atoms in total. The summed E-state index contributed by atoms with van der Waals surface area (Å²) in [6.07, 6.45) is 0. The van der Waals surface area contributed by atoms with Gasteiger partial charge in [0.25, 0.3) is 0 Å². The molecule has 2 N–H and O–H groups in total. The van der Waals surface area contributed by atoms with Crippen LogP contribution in [0.3, 0.4) is 0 Å². The minimum Gasteiger partial charge on any atom is -0.394 e. The van der Waals surface area contributed by atoms with E-state index >= 15 is 0 Å². The summed E-state index contributed by atoms with van der Waals surface area (Å²) in [5, 5.41) is 20.6. The Morgan fingerprint density at radius 3 is 2.88 bits per heavy atom. The molecule has 0 radical (unpaired) electrons. The Bertz CT molecular complexity index is 413. The van der Waals surface area contributed by atoms with E-state index in [1.54, 1.807) is 0 Å². The van der Waals surface area contributed by atoms with Crippen LogP contribution in [0.1, 0.15) is 16.8 Å². The molecule has 1 aromatic rings. The van der Waals surface area contributed by atoms with Gasteiger partial charge in [0.1, 0.15) is 11.9 Å². The van der Waals surface area contributed by atoms with E-state index in [0.717, 1.165) is 11.3 Å². The van der Waals surface area contributed by atoms with Gasteiger partial charge in [-0.15, -0.1) is 0 Å². The van der Waals surface area contributed by atoms with Crippen molar-refractivity contribution in [1.29, 1.82) is 5.26 Å². The molecule has 0 fully saturated rings. The van der Waals surface area contributed by atoms with Gasteiger partial charge in [-0.3, -0.25) is 0 Å². The van der Waals surface area contributed by atoms with Gasteiger partial charge >= 0.3 is 0 Å². The summed E-state index contributed by atoms with van der Waals surface area (Å²) in [7, 11) is 0. The van der Waals surface area contributed by atoms with Crippen molar-refractivity contribution in [1.82, 2.24) is 4.98 Å². The number of nitrogens with zero attached hydrogens (tertiary/aromatic N) is 2. The van der Waals surface area contributed by atoms with Crippen LogP contribution < -0.4 is 5.32 Å². The van der Waals surface area contributed by atoms with Gasteiger partial charge in [-0.05, 0) is 25.5 Å². The SMILES string of the molecule is Cc1cc(C)c(C#N)c(NCCOCCO)n1. The Kier molecular flexibility index (Phi) is 5.40. The Morgan fingerprint density at radius 2 is 2.24 bits per heavy atom. The summed E-state index contributed by atoms with van der Waals surface area (Å²) < 4.78 is 5.12. The number of nitrogens with one attached hydrogen (secondary N) is 1. The van der Waals surface area contributed by atoms with Crippen molar-refractivity contribution in [2.75, 3.05) is 31.7 Å². The second-order valence-corrected chi connectivity index (χ2v) is 3.68. The molecule has 92 valence electrons. The van der Waals surface area contributed by atoms with Crippen molar-refractivity contribution in [2.45, 2.75) is 13.8 Å². The molecule has 0 aromatic carbocycles. The number of pyridine rings is 1. The highest BCUT2D eigenvalue weighted by Crippen LogP contribution is 2.16. The van der Waals surface area contributed by atoms with E-state index in [0.29, 0.717) is 31.1 Å². The molecule has 0 aliphatic rings. The van der Waals surface area contributed by atoms with Crippen molar-refractivity contribution < 1.29 is 9.84 Å². The first-order valence-electron chi connectivity index (χ1n) is 5.50. The quantitative estimate of drug-likeness (QED) is 0.719. The molecule has 0 bridgehead atoms. The van der Waals surface area contributed by atoms with Crippen LogP contribution in [0, 0.1) is 25.2 Å². The van der Waals surface area contributed by atoms with Crippen molar-refractivity contribution >= 4 is 5.82 Å². The fraction of sp³-hybridized carbons (Fsp3) is 0.500. The number of aliphatic hydroxyl groups excluding tert-OH is 1. The maximum atomic E-state index is 9.04. The third-order valence-electron chi connectivity index (χ3n) is 2.23. The van der Waals surface area contributed by atoms with Gasteiger partial charge in [0, 0.05) is 12.2 Å². The lowest BCUT2D eigenvalue weighted by Crippen LogP contribution is -2.13. The second-order valence-electron chi connectivity index (χ2n) is 3.68. The predicted molar refractivity (Wildman–Crippen MR) is 64.8 cm³/mol. The molecule has 0 aliphatic heterocycles. The van der Waals surface area contributed by atoms with Crippen LogP contribution in [0.2, 0.25) is 0 Å². The lowest BCUT2D eigenvalue weighted by atomic mass is 10.1. The van der Waals surface area contributed by atoms with Crippen LogP contribution >= 0.6 is 0 Å². The molecule has 0 unspecified atom stereocenters. The Balaban J connectivity index is 2.61. The Morgan fingerprint density at radius 1 is 1.47 bits per heavy atom. The first-order chi connectivity index (χ1) is 8.19.